The number of carbonyl (C=O) groups is 1. The molecule has 5 nitrogen and oxygen atoms in total. The molecule has 0 bridgehead atoms. The molecular formula is C22H18ClFN2O3S. The standard InChI is InChI=1S/C22H18ClFN2O3S/c23-20-3-1-2-4-21(20)26-30(28,29)19-12-7-16(8-13-19)9-14-22(27)25-15-17-5-10-18(24)11-6-17/h1-14,26H,15H2,(H,25,27)/b14-9+. The fraction of sp³-hybridized carbons (Fsp3) is 0.0455. The third-order valence-corrected chi connectivity index (χ3v) is 5.83. The number of rotatable bonds is 7. The zero-order valence-corrected chi connectivity index (χ0v) is 17.3. The van der Waals surface area contributed by atoms with Gasteiger partial charge in [-0.2, -0.15) is 0 Å². The molecule has 3 aromatic carbocycles. The maximum absolute atomic E-state index is 12.9. The van der Waals surface area contributed by atoms with E-state index in [0.29, 0.717) is 16.3 Å². The Kier molecular flexibility index (Phi) is 6.87. The van der Waals surface area contributed by atoms with E-state index in [9.17, 15) is 17.6 Å². The van der Waals surface area contributed by atoms with Crippen LogP contribution in [0.4, 0.5) is 10.1 Å². The number of hydrogen-bond donors (Lipinski definition) is 2. The topological polar surface area (TPSA) is 75.3 Å². The van der Waals surface area contributed by atoms with E-state index in [-0.39, 0.29) is 23.2 Å². The predicted molar refractivity (Wildman–Crippen MR) is 116 cm³/mol. The van der Waals surface area contributed by atoms with Crippen molar-refractivity contribution >= 4 is 39.3 Å². The molecule has 2 N–H and O–H groups in total. The van der Waals surface area contributed by atoms with Gasteiger partial charge in [0.15, 0.2) is 0 Å². The number of sulfonamides is 1. The highest BCUT2D eigenvalue weighted by Gasteiger charge is 2.15. The van der Waals surface area contributed by atoms with Crippen molar-refractivity contribution in [3.8, 4) is 0 Å². The van der Waals surface area contributed by atoms with E-state index in [1.54, 1.807) is 54.6 Å². The molecule has 0 spiro atoms. The average Bonchev–Trinajstić information content (AvgIpc) is 2.74. The van der Waals surface area contributed by atoms with E-state index in [0.717, 1.165) is 5.56 Å². The quantitative estimate of drug-likeness (QED) is 0.522. The van der Waals surface area contributed by atoms with E-state index in [1.165, 1.54) is 30.3 Å². The predicted octanol–water partition coefficient (Wildman–Crippen LogP) is 4.61. The molecule has 0 heterocycles. The molecular weight excluding hydrogens is 427 g/mol. The van der Waals surface area contributed by atoms with Crippen LogP contribution in [0.3, 0.4) is 0 Å². The van der Waals surface area contributed by atoms with Crippen LogP contribution in [0.15, 0.2) is 83.8 Å². The molecule has 3 aromatic rings. The van der Waals surface area contributed by atoms with Gasteiger partial charge < -0.3 is 5.32 Å². The maximum Gasteiger partial charge on any atom is 0.261 e. The Labute approximate surface area is 179 Å². The van der Waals surface area contributed by atoms with Gasteiger partial charge >= 0.3 is 0 Å². The van der Waals surface area contributed by atoms with Crippen LogP contribution in [-0.2, 0) is 21.4 Å². The second-order valence-electron chi connectivity index (χ2n) is 6.33. The van der Waals surface area contributed by atoms with Gasteiger partial charge in [0.25, 0.3) is 10.0 Å². The summed E-state index contributed by atoms with van der Waals surface area (Å²) < 4.78 is 40.3. The van der Waals surface area contributed by atoms with Gasteiger partial charge in [-0.25, -0.2) is 12.8 Å². The van der Waals surface area contributed by atoms with Gasteiger partial charge in [0.2, 0.25) is 5.91 Å². The van der Waals surface area contributed by atoms with Crippen molar-refractivity contribution in [2.24, 2.45) is 0 Å². The van der Waals surface area contributed by atoms with Crippen molar-refractivity contribution in [1.29, 1.82) is 0 Å². The summed E-state index contributed by atoms with van der Waals surface area (Å²) >= 11 is 5.99. The number of benzene rings is 3. The SMILES string of the molecule is O=C(/C=C/c1ccc(S(=O)(=O)Nc2ccccc2Cl)cc1)NCc1ccc(F)cc1. The Hall–Kier alpha value is -3.16. The molecule has 0 aliphatic heterocycles. The minimum atomic E-state index is -3.79. The molecule has 30 heavy (non-hydrogen) atoms. The number of carbonyl (C=O) groups excluding carboxylic acids is 1. The van der Waals surface area contributed by atoms with Gasteiger partial charge in [0.05, 0.1) is 15.6 Å². The van der Waals surface area contributed by atoms with Crippen molar-refractivity contribution in [3.05, 3.63) is 101 Å². The van der Waals surface area contributed by atoms with E-state index in [4.69, 9.17) is 11.6 Å². The smallest absolute Gasteiger partial charge is 0.261 e. The molecule has 1 amide bonds. The summed E-state index contributed by atoms with van der Waals surface area (Å²) in [5.74, 6) is -0.658. The van der Waals surface area contributed by atoms with Crippen LogP contribution < -0.4 is 10.0 Å². The van der Waals surface area contributed by atoms with Crippen LogP contribution in [0.1, 0.15) is 11.1 Å². The van der Waals surface area contributed by atoms with Gasteiger partial charge in [-0.05, 0) is 53.6 Å². The third-order valence-electron chi connectivity index (χ3n) is 4.12. The molecule has 8 heteroatoms. The van der Waals surface area contributed by atoms with Crippen LogP contribution >= 0.6 is 11.6 Å². The maximum atomic E-state index is 12.9. The summed E-state index contributed by atoms with van der Waals surface area (Å²) in [6.45, 7) is 0.272. The Morgan fingerprint density at radius 3 is 2.30 bits per heavy atom. The van der Waals surface area contributed by atoms with E-state index >= 15 is 0 Å². The molecule has 3 rings (SSSR count). The minimum absolute atomic E-state index is 0.0698. The zero-order chi connectivity index (χ0) is 21.6. The highest BCUT2D eigenvalue weighted by Crippen LogP contribution is 2.24. The van der Waals surface area contributed by atoms with Gasteiger partial charge in [-0.3, -0.25) is 9.52 Å². The molecule has 0 atom stereocenters. The molecule has 0 unspecified atom stereocenters. The molecule has 0 saturated carbocycles. The first-order valence-corrected chi connectivity index (χ1v) is 10.8. The number of hydrogen-bond acceptors (Lipinski definition) is 3. The van der Waals surface area contributed by atoms with Crippen molar-refractivity contribution in [1.82, 2.24) is 5.32 Å². The second-order valence-corrected chi connectivity index (χ2v) is 8.42. The monoisotopic (exact) mass is 444 g/mol. The van der Waals surface area contributed by atoms with Crippen LogP contribution in [0.5, 0.6) is 0 Å². The van der Waals surface area contributed by atoms with Gasteiger partial charge in [0, 0.05) is 12.6 Å². The second kappa shape index (κ2) is 9.56. The van der Waals surface area contributed by atoms with E-state index < -0.39 is 10.0 Å². The Balaban J connectivity index is 1.60. The van der Waals surface area contributed by atoms with Gasteiger partial charge in [0.1, 0.15) is 5.82 Å². The average molecular weight is 445 g/mol. The Bertz CT molecular complexity index is 1160. The number of para-hydroxylation sites is 1. The Morgan fingerprint density at radius 1 is 0.967 bits per heavy atom. The summed E-state index contributed by atoms with van der Waals surface area (Å²) in [4.78, 5) is 12.0. The van der Waals surface area contributed by atoms with Crippen LogP contribution in [0.25, 0.3) is 6.08 Å². The molecule has 0 radical (unpaired) electrons. The van der Waals surface area contributed by atoms with Crippen molar-refractivity contribution < 1.29 is 17.6 Å². The zero-order valence-electron chi connectivity index (χ0n) is 15.7. The van der Waals surface area contributed by atoms with Gasteiger partial charge in [-0.1, -0.05) is 48.0 Å². The molecule has 0 aromatic heterocycles. The van der Waals surface area contributed by atoms with Crippen LogP contribution in [0.2, 0.25) is 5.02 Å². The fourth-order valence-corrected chi connectivity index (χ4v) is 3.85. The fourth-order valence-electron chi connectivity index (χ4n) is 2.53. The first-order valence-electron chi connectivity index (χ1n) is 8.91. The van der Waals surface area contributed by atoms with E-state index in [2.05, 4.69) is 10.0 Å². The molecule has 0 fully saturated rings. The lowest BCUT2D eigenvalue weighted by Gasteiger charge is -2.09. The third kappa shape index (κ3) is 5.92. The van der Waals surface area contributed by atoms with E-state index in [1.807, 2.05) is 0 Å². The summed E-state index contributed by atoms with van der Waals surface area (Å²) in [6, 6.07) is 18.4. The van der Waals surface area contributed by atoms with Gasteiger partial charge in [-0.15, -0.1) is 0 Å². The highest BCUT2D eigenvalue weighted by molar-refractivity contribution is 7.92. The number of anilines is 1. The first kappa shape index (κ1) is 21.5. The lowest BCUT2D eigenvalue weighted by Crippen LogP contribution is -2.20. The largest absolute Gasteiger partial charge is 0.348 e. The van der Waals surface area contributed by atoms with Crippen molar-refractivity contribution in [3.63, 3.8) is 0 Å². The lowest BCUT2D eigenvalue weighted by atomic mass is 10.2. The number of amides is 1. The number of halogens is 2. The van der Waals surface area contributed by atoms with Crippen LogP contribution in [0, 0.1) is 5.82 Å². The summed E-state index contributed by atoms with van der Waals surface area (Å²) in [6.07, 6.45) is 2.91. The number of nitrogens with one attached hydrogen (secondary N) is 2. The van der Waals surface area contributed by atoms with Crippen molar-refractivity contribution in [2.75, 3.05) is 4.72 Å². The summed E-state index contributed by atoms with van der Waals surface area (Å²) in [5, 5.41) is 2.99. The highest BCUT2D eigenvalue weighted by atomic mass is 35.5. The lowest BCUT2D eigenvalue weighted by molar-refractivity contribution is -0.116. The summed E-state index contributed by atoms with van der Waals surface area (Å²) in [5.41, 5.74) is 1.73. The molecule has 154 valence electrons. The summed E-state index contributed by atoms with van der Waals surface area (Å²) in [7, 11) is -3.79. The minimum Gasteiger partial charge on any atom is -0.348 e. The Morgan fingerprint density at radius 2 is 1.63 bits per heavy atom. The molecule has 0 saturated heterocycles. The van der Waals surface area contributed by atoms with Crippen molar-refractivity contribution in [2.45, 2.75) is 11.4 Å². The molecule has 0 aliphatic carbocycles. The van der Waals surface area contributed by atoms with Crippen LogP contribution in [-0.4, -0.2) is 14.3 Å². The normalized spacial score (nSPS) is 11.4. The molecule has 0 aliphatic rings. The first-order chi connectivity index (χ1) is 14.3.